The van der Waals surface area contributed by atoms with Crippen LogP contribution in [0.3, 0.4) is 0 Å². The van der Waals surface area contributed by atoms with E-state index in [-0.39, 0.29) is 0 Å². The number of anilines is 1. The van der Waals surface area contributed by atoms with Crippen LogP contribution in [-0.2, 0) is 0 Å². The van der Waals surface area contributed by atoms with E-state index in [1.54, 1.807) is 0 Å². The van der Waals surface area contributed by atoms with Crippen molar-refractivity contribution >= 4 is 17.4 Å². The SMILES string of the molecule is CCCCCCCCCCCCSc1ccc(N)cc1C. The smallest absolute Gasteiger partial charge is 0.0317 e. The summed E-state index contributed by atoms with van der Waals surface area (Å²) < 4.78 is 0. The minimum atomic E-state index is 0.871. The summed E-state index contributed by atoms with van der Waals surface area (Å²) in [4.78, 5) is 1.39. The number of unbranched alkanes of at least 4 members (excludes halogenated alkanes) is 9. The van der Waals surface area contributed by atoms with Gasteiger partial charge in [-0.05, 0) is 42.9 Å². The first kappa shape index (κ1) is 18.4. The molecule has 0 saturated carbocycles. The Morgan fingerprint density at radius 3 is 2.00 bits per heavy atom. The predicted molar refractivity (Wildman–Crippen MR) is 98.2 cm³/mol. The van der Waals surface area contributed by atoms with Crippen molar-refractivity contribution in [1.82, 2.24) is 0 Å². The fourth-order valence-corrected chi connectivity index (χ4v) is 3.63. The van der Waals surface area contributed by atoms with Gasteiger partial charge in [-0.3, -0.25) is 0 Å². The monoisotopic (exact) mass is 307 g/mol. The maximum absolute atomic E-state index is 5.78. The number of aryl methyl sites for hydroxylation is 1. The van der Waals surface area contributed by atoms with Crippen molar-refractivity contribution in [3.8, 4) is 0 Å². The number of hydrogen-bond donors (Lipinski definition) is 1. The number of rotatable bonds is 12. The standard InChI is InChI=1S/C19H33NS/c1-3-4-5-6-7-8-9-10-11-12-15-21-19-14-13-18(20)16-17(19)2/h13-14,16H,3-12,15,20H2,1-2H3. The first-order valence-corrected chi connectivity index (χ1v) is 9.71. The van der Waals surface area contributed by atoms with Crippen LogP contribution in [0.25, 0.3) is 0 Å². The van der Waals surface area contributed by atoms with E-state index in [1.807, 2.05) is 17.8 Å². The molecule has 0 atom stereocenters. The van der Waals surface area contributed by atoms with E-state index in [4.69, 9.17) is 5.73 Å². The molecule has 0 aliphatic rings. The Morgan fingerprint density at radius 1 is 0.857 bits per heavy atom. The van der Waals surface area contributed by atoms with Crippen LogP contribution in [0.1, 0.15) is 76.7 Å². The van der Waals surface area contributed by atoms with Crippen LogP contribution in [-0.4, -0.2) is 5.75 Å². The van der Waals surface area contributed by atoms with Crippen LogP contribution in [0.2, 0.25) is 0 Å². The van der Waals surface area contributed by atoms with Gasteiger partial charge in [-0.25, -0.2) is 0 Å². The summed E-state index contributed by atoms with van der Waals surface area (Å²) >= 11 is 1.98. The van der Waals surface area contributed by atoms with Crippen LogP contribution < -0.4 is 5.73 Å². The van der Waals surface area contributed by atoms with Crippen LogP contribution in [0.15, 0.2) is 23.1 Å². The van der Waals surface area contributed by atoms with Crippen molar-refractivity contribution in [1.29, 1.82) is 0 Å². The summed E-state index contributed by atoms with van der Waals surface area (Å²) in [6, 6.07) is 6.24. The van der Waals surface area contributed by atoms with Crippen molar-refractivity contribution in [3.63, 3.8) is 0 Å². The lowest BCUT2D eigenvalue weighted by Gasteiger charge is -2.06. The molecule has 0 fully saturated rings. The molecule has 0 saturated heterocycles. The molecule has 2 N–H and O–H groups in total. The quantitative estimate of drug-likeness (QED) is 0.268. The summed E-state index contributed by atoms with van der Waals surface area (Å²) in [5.41, 5.74) is 7.96. The molecule has 1 nitrogen and oxygen atoms in total. The Balaban J connectivity index is 1.93. The van der Waals surface area contributed by atoms with E-state index in [2.05, 4.69) is 26.0 Å². The molecule has 0 spiro atoms. The highest BCUT2D eigenvalue weighted by molar-refractivity contribution is 7.99. The largest absolute Gasteiger partial charge is 0.399 e. The zero-order valence-electron chi connectivity index (χ0n) is 14.0. The molecule has 1 rings (SSSR count). The molecule has 0 aliphatic carbocycles. The van der Waals surface area contributed by atoms with Gasteiger partial charge in [-0.1, -0.05) is 64.7 Å². The second-order valence-corrected chi connectivity index (χ2v) is 7.19. The molecule has 1 aromatic carbocycles. The lowest BCUT2D eigenvalue weighted by molar-refractivity contribution is 0.563. The number of hydrogen-bond acceptors (Lipinski definition) is 2. The van der Waals surface area contributed by atoms with Crippen molar-refractivity contribution in [2.24, 2.45) is 0 Å². The zero-order valence-corrected chi connectivity index (χ0v) is 14.8. The number of benzene rings is 1. The van der Waals surface area contributed by atoms with E-state index in [9.17, 15) is 0 Å². The van der Waals surface area contributed by atoms with Gasteiger partial charge in [0, 0.05) is 10.6 Å². The molecule has 120 valence electrons. The van der Waals surface area contributed by atoms with Crippen molar-refractivity contribution in [2.75, 3.05) is 11.5 Å². The topological polar surface area (TPSA) is 26.0 Å². The van der Waals surface area contributed by atoms with E-state index in [0.717, 1.165) is 5.69 Å². The molecule has 2 heteroatoms. The highest BCUT2D eigenvalue weighted by Crippen LogP contribution is 2.25. The first-order chi connectivity index (χ1) is 10.2. The van der Waals surface area contributed by atoms with Gasteiger partial charge in [0.2, 0.25) is 0 Å². The summed E-state index contributed by atoms with van der Waals surface area (Å²) in [6.07, 6.45) is 14.1. The first-order valence-electron chi connectivity index (χ1n) is 8.73. The summed E-state index contributed by atoms with van der Waals surface area (Å²) in [5.74, 6) is 1.24. The van der Waals surface area contributed by atoms with Gasteiger partial charge >= 0.3 is 0 Å². The third-order valence-electron chi connectivity index (χ3n) is 3.95. The molecule has 0 radical (unpaired) electrons. The second kappa shape index (κ2) is 12.0. The van der Waals surface area contributed by atoms with Crippen molar-refractivity contribution in [3.05, 3.63) is 23.8 Å². The zero-order chi connectivity index (χ0) is 15.3. The van der Waals surface area contributed by atoms with Crippen molar-refractivity contribution in [2.45, 2.75) is 83.0 Å². The van der Waals surface area contributed by atoms with Gasteiger partial charge in [0.25, 0.3) is 0 Å². The molecule has 0 heterocycles. The molecule has 1 aromatic rings. The Morgan fingerprint density at radius 2 is 1.43 bits per heavy atom. The van der Waals surface area contributed by atoms with Gasteiger partial charge in [-0.2, -0.15) is 0 Å². The molecule has 0 unspecified atom stereocenters. The highest BCUT2D eigenvalue weighted by Gasteiger charge is 1.99. The molecule has 0 aliphatic heterocycles. The van der Waals surface area contributed by atoms with E-state index in [0.29, 0.717) is 0 Å². The Hall–Kier alpha value is -0.630. The molecular weight excluding hydrogens is 274 g/mol. The lowest BCUT2D eigenvalue weighted by atomic mass is 10.1. The highest BCUT2D eigenvalue weighted by atomic mass is 32.2. The third kappa shape index (κ3) is 9.08. The number of nitrogen functional groups attached to an aromatic ring is 1. The second-order valence-electron chi connectivity index (χ2n) is 6.06. The summed E-state index contributed by atoms with van der Waals surface area (Å²) in [6.45, 7) is 4.43. The van der Waals surface area contributed by atoms with Gasteiger partial charge in [-0.15, -0.1) is 11.8 Å². The van der Waals surface area contributed by atoms with E-state index < -0.39 is 0 Å². The van der Waals surface area contributed by atoms with Crippen LogP contribution in [0.5, 0.6) is 0 Å². The van der Waals surface area contributed by atoms with Crippen LogP contribution >= 0.6 is 11.8 Å². The Kier molecular flexibility index (Phi) is 10.5. The molecule has 0 amide bonds. The van der Waals surface area contributed by atoms with Gasteiger partial charge < -0.3 is 5.73 Å². The Labute approximate surface area is 136 Å². The molecule has 0 bridgehead atoms. The Bertz CT molecular complexity index is 376. The molecule has 0 aromatic heterocycles. The minimum absolute atomic E-state index is 0.871. The number of nitrogens with two attached hydrogens (primary N) is 1. The molecular formula is C19H33NS. The predicted octanol–water partition coefficient (Wildman–Crippen LogP) is 6.59. The summed E-state index contributed by atoms with van der Waals surface area (Å²) in [5, 5.41) is 0. The maximum Gasteiger partial charge on any atom is 0.0317 e. The fraction of sp³-hybridized carbons (Fsp3) is 0.684. The van der Waals surface area contributed by atoms with Gasteiger partial charge in [0.1, 0.15) is 0 Å². The van der Waals surface area contributed by atoms with Crippen molar-refractivity contribution < 1.29 is 0 Å². The van der Waals surface area contributed by atoms with Gasteiger partial charge in [0.05, 0.1) is 0 Å². The van der Waals surface area contributed by atoms with E-state index in [1.165, 1.54) is 80.4 Å². The number of thioether (sulfide) groups is 1. The normalized spacial score (nSPS) is 11.0. The maximum atomic E-state index is 5.78. The summed E-state index contributed by atoms with van der Waals surface area (Å²) in [7, 11) is 0. The fourth-order valence-electron chi connectivity index (χ4n) is 2.61. The van der Waals surface area contributed by atoms with Gasteiger partial charge in [0.15, 0.2) is 0 Å². The third-order valence-corrected chi connectivity index (χ3v) is 5.22. The van der Waals surface area contributed by atoms with E-state index >= 15 is 0 Å². The average Bonchev–Trinajstić information content (AvgIpc) is 2.46. The molecule has 21 heavy (non-hydrogen) atoms. The minimum Gasteiger partial charge on any atom is -0.399 e. The lowest BCUT2D eigenvalue weighted by Crippen LogP contribution is -1.88. The van der Waals surface area contributed by atoms with Crippen LogP contribution in [0.4, 0.5) is 5.69 Å². The van der Waals surface area contributed by atoms with Crippen LogP contribution in [0, 0.1) is 6.92 Å². The average molecular weight is 308 g/mol.